The summed E-state index contributed by atoms with van der Waals surface area (Å²) in [5.41, 5.74) is 1.04. The smallest absolute Gasteiger partial charge is 0.272 e. The molecule has 4 N–H and O–H groups in total. The van der Waals surface area contributed by atoms with E-state index in [1.165, 1.54) is 13.2 Å². The maximum atomic E-state index is 12.7. The van der Waals surface area contributed by atoms with Gasteiger partial charge in [0.25, 0.3) is 5.91 Å². The van der Waals surface area contributed by atoms with Crippen molar-refractivity contribution in [2.75, 3.05) is 26.1 Å². The van der Waals surface area contributed by atoms with Crippen LogP contribution in [0.15, 0.2) is 17.8 Å². The molecule has 8 nitrogen and oxygen atoms in total. The monoisotopic (exact) mass is 377 g/mol. The number of aliphatic hydroxyl groups excluding tert-OH is 1. The van der Waals surface area contributed by atoms with Crippen molar-refractivity contribution in [3.63, 3.8) is 0 Å². The molecule has 1 aromatic heterocycles. The summed E-state index contributed by atoms with van der Waals surface area (Å²) in [6.45, 7) is 6.19. The highest BCUT2D eigenvalue weighted by Crippen LogP contribution is 2.36. The molecule has 1 heterocycles. The third-order valence-corrected chi connectivity index (χ3v) is 4.56. The summed E-state index contributed by atoms with van der Waals surface area (Å²) in [6.07, 6.45) is 3.54. The second kappa shape index (κ2) is 8.67. The average molecular weight is 377 g/mol. The molecular weight excluding hydrogens is 346 g/mol. The van der Waals surface area contributed by atoms with Crippen LogP contribution in [0.4, 0.5) is 5.82 Å². The topological polar surface area (TPSA) is 112 Å². The summed E-state index contributed by atoms with van der Waals surface area (Å²) in [7, 11) is 3.14. The first kappa shape index (κ1) is 21.1. The molecule has 0 aromatic carbocycles. The number of hydrogen-bond donors (Lipinski definition) is 4. The van der Waals surface area contributed by atoms with Gasteiger partial charge in [0.2, 0.25) is 0 Å². The highest BCUT2D eigenvalue weighted by atomic mass is 16.5. The van der Waals surface area contributed by atoms with Crippen LogP contribution in [0, 0.1) is 5.41 Å². The average Bonchev–Trinajstić information content (AvgIpc) is 3.18. The Balaban J connectivity index is 2.26. The molecule has 2 atom stereocenters. The van der Waals surface area contributed by atoms with Gasteiger partial charge in [-0.3, -0.25) is 4.79 Å². The zero-order valence-corrected chi connectivity index (χ0v) is 16.8. The quantitative estimate of drug-likeness (QED) is 0.429. The van der Waals surface area contributed by atoms with E-state index in [0.29, 0.717) is 12.2 Å². The Labute approximate surface area is 160 Å². The second-order valence-corrected chi connectivity index (χ2v) is 7.92. The molecule has 0 aliphatic heterocycles. The van der Waals surface area contributed by atoms with Crippen molar-refractivity contribution >= 4 is 17.4 Å². The summed E-state index contributed by atoms with van der Waals surface area (Å²) < 4.78 is 6.72. The second-order valence-electron chi connectivity index (χ2n) is 7.92. The number of hydrogen-bond acceptors (Lipinski definition) is 6. The molecule has 0 spiro atoms. The summed E-state index contributed by atoms with van der Waals surface area (Å²) in [5, 5.41) is 28.1. The fraction of sp³-hybridized carbons (Fsp3) is 0.632. The lowest BCUT2D eigenvalue weighted by atomic mass is 10.0. The Hall–Kier alpha value is -2.19. The zero-order chi connectivity index (χ0) is 20.2. The van der Waals surface area contributed by atoms with Crippen molar-refractivity contribution in [1.29, 1.82) is 5.41 Å². The molecule has 8 heteroatoms. The highest BCUT2D eigenvalue weighted by Gasteiger charge is 2.29. The number of aliphatic hydroxyl groups is 1. The van der Waals surface area contributed by atoms with E-state index in [1.807, 2.05) is 26.8 Å². The van der Waals surface area contributed by atoms with Crippen LogP contribution >= 0.6 is 0 Å². The van der Waals surface area contributed by atoms with Gasteiger partial charge < -0.3 is 25.9 Å². The molecule has 1 fully saturated rings. The normalized spacial score (nSPS) is 20.6. The number of carbonyl (C=O) groups excluding carboxylic acids is 1. The highest BCUT2D eigenvalue weighted by molar-refractivity contribution is 6.08. The van der Waals surface area contributed by atoms with E-state index in [2.05, 4.69) is 10.6 Å². The Morgan fingerprint density at radius 3 is 2.70 bits per heavy atom. The van der Waals surface area contributed by atoms with Crippen molar-refractivity contribution in [2.45, 2.75) is 57.6 Å². The van der Waals surface area contributed by atoms with E-state index < -0.39 is 0 Å². The Morgan fingerprint density at radius 2 is 2.19 bits per heavy atom. The summed E-state index contributed by atoms with van der Waals surface area (Å²) in [5.74, 6) is 0.457. The molecule has 2 rings (SSSR count). The van der Waals surface area contributed by atoms with Crippen LogP contribution in [0.3, 0.4) is 0 Å². The van der Waals surface area contributed by atoms with E-state index in [0.717, 1.165) is 18.5 Å². The van der Waals surface area contributed by atoms with Gasteiger partial charge in [-0.15, -0.1) is 0 Å². The number of nitrogens with one attached hydrogen (secondary N) is 3. The van der Waals surface area contributed by atoms with Crippen molar-refractivity contribution in [3.8, 4) is 0 Å². The van der Waals surface area contributed by atoms with Gasteiger partial charge in [0, 0.05) is 26.1 Å². The summed E-state index contributed by atoms with van der Waals surface area (Å²) in [6, 6.07) is 1.89. The van der Waals surface area contributed by atoms with Crippen LogP contribution in [0.5, 0.6) is 0 Å². The molecule has 1 aliphatic carbocycles. The van der Waals surface area contributed by atoms with E-state index in [1.54, 1.807) is 11.7 Å². The minimum Gasteiger partial charge on any atom is -0.393 e. The van der Waals surface area contributed by atoms with Crippen LogP contribution in [0.25, 0.3) is 0 Å². The molecule has 27 heavy (non-hydrogen) atoms. The summed E-state index contributed by atoms with van der Waals surface area (Å²) in [4.78, 5) is 12.7. The standard InChI is InChI=1S/C19H31N5O3/c1-19(2,3)24-17(10-15(23-24)12-6-7-14(25)8-12)22-18(26)16(21-4)9-13(20)11-27-5/h9-10,12,14,20-21,25H,6-8,11H2,1-5H3,(H,22,26)/b16-9-,20-13?/t12-,14+/m0/s1. The first-order chi connectivity index (χ1) is 12.7. The number of nitrogens with zero attached hydrogens (tertiary/aromatic N) is 2. The Morgan fingerprint density at radius 1 is 1.48 bits per heavy atom. The first-order valence-electron chi connectivity index (χ1n) is 9.21. The number of carbonyl (C=O) groups is 1. The van der Waals surface area contributed by atoms with Gasteiger partial charge in [-0.1, -0.05) is 0 Å². The maximum Gasteiger partial charge on any atom is 0.272 e. The molecule has 1 saturated carbocycles. The third-order valence-electron chi connectivity index (χ3n) is 4.56. The van der Waals surface area contributed by atoms with Gasteiger partial charge in [0.05, 0.1) is 29.7 Å². The number of anilines is 1. The number of ether oxygens (including phenoxy) is 1. The molecule has 0 radical (unpaired) electrons. The maximum absolute atomic E-state index is 12.7. The number of methoxy groups -OCH3 is 1. The molecule has 150 valence electrons. The number of aromatic nitrogens is 2. The molecule has 1 aliphatic rings. The molecule has 1 amide bonds. The molecule has 0 bridgehead atoms. The van der Waals surface area contributed by atoms with E-state index in [9.17, 15) is 9.90 Å². The predicted molar refractivity (Wildman–Crippen MR) is 105 cm³/mol. The minimum absolute atomic E-state index is 0.131. The van der Waals surface area contributed by atoms with Gasteiger partial charge in [-0.2, -0.15) is 5.10 Å². The van der Waals surface area contributed by atoms with Gasteiger partial charge in [-0.25, -0.2) is 4.68 Å². The molecular formula is C19H31N5O3. The SMILES string of the molecule is CN/C(=C\C(=N)COC)C(=O)Nc1cc([C@H]2CC[C@@H](O)C2)nn1C(C)(C)C. The number of rotatable bonds is 7. The minimum atomic E-state index is -0.346. The first-order valence-corrected chi connectivity index (χ1v) is 9.21. The van der Waals surface area contributed by atoms with Crippen molar-refractivity contribution in [3.05, 3.63) is 23.5 Å². The van der Waals surface area contributed by atoms with E-state index in [4.69, 9.17) is 15.2 Å². The van der Waals surface area contributed by atoms with Crippen molar-refractivity contribution in [2.24, 2.45) is 0 Å². The van der Waals surface area contributed by atoms with Gasteiger partial charge in [-0.05, 0) is 46.1 Å². The largest absolute Gasteiger partial charge is 0.393 e. The zero-order valence-electron chi connectivity index (χ0n) is 16.8. The van der Waals surface area contributed by atoms with Crippen LogP contribution in [0.1, 0.15) is 51.6 Å². The molecule has 1 aromatic rings. The number of amides is 1. The van der Waals surface area contributed by atoms with Crippen LogP contribution in [-0.4, -0.2) is 53.4 Å². The van der Waals surface area contributed by atoms with Gasteiger partial charge in [0.15, 0.2) is 0 Å². The van der Waals surface area contributed by atoms with Crippen LogP contribution in [0.2, 0.25) is 0 Å². The van der Waals surface area contributed by atoms with E-state index in [-0.39, 0.29) is 41.5 Å². The fourth-order valence-electron chi connectivity index (χ4n) is 3.23. The van der Waals surface area contributed by atoms with Crippen LogP contribution < -0.4 is 10.6 Å². The van der Waals surface area contributed by atoms with E-state index >= 15 is 0 Å². The molecule has 0 saturated heterocycles. The van der Waals surface area contributed by atoms with Crippen molar-refractivity contribution in [1.82, 2.24) is 15.1 Å². The fourth-order valence-corrected chi connectivity index (χ4v) is 3.23. The van der Waals surface area contributed by atoms with Crippen molar-refractivity contribution < 1.29 is 14.6 Å². The van der Waals surface area contributed by atoms with Gasteiger partial charge in [0.1, 0.15) is 11.5 Å². The lowest BCUT2D eigenvalue weighted by molar-refractivity contribution is -0.113. The van der Waals surface area contributed by atoms with Gasteiger partial charge >= 0.3 is 0 Å². The lowest BCUT2D eigenvalue weighted by Gasteiger charge is -2.22. The summed E-state index contributed by atoms with van der Waals surface area (Å²) >= 11 is 0. The number of likely N-dealkylation sites (N-methyl/N-ethyl adjacent to an activating group) is 1. The molecule has 0 unspecified atom stereocenters. The Bertz CT molecular complexity index is 717. The third kappa shape index (κ3) is 5.40. The van der Waals surface area contributed by atoms with Crippen LogP contribution in [-0.2, 0) is 15.1 Å². The Kier molecular flexibility index (Phi) is 6.78. The lowest BCUT2D eigenvalue weighted by Crippen LogP contribution is -2.29. The predicted octanol–water partition coefficient (Wildman–Crippen LogP) is 1.97.